The molecule has 0 spiro atoms. The summed E-state index contributed by atoms with van der Waals surface area (Å²) in [5.74, 6) is -0.268. The van der Waals surface area contributed by atoms with Crippen molar-refractivity contribution in [3.05, 3.63) is 34.9 Å². The first-order valence-electron chi connectivity index (χ1n) is 8.10. The molecule has 0 bridgehead atoms. The second kappa shape index (κ2) is 6.29. The van der Waals surface area contributed by atoms with Gasteiger partial charge < -0.3 is 10.2 Å². The van der Waals surface area contributed by atoms with E-state index >= 15 is 0 Å². The Hall–Kier alpha value is -1.92. The molecule has 124 valence electrons. The van der Waals surface area contributed by atoms with Gasteiger partial charge in [0.15, 0.2) is 0 Å². The average Bonchev–Trinajstić information content (AvgIpc) is 2.60. The van der Waals surface area contributed by atoms with Crippen LogP contribution in [-0.4, -0.2) is 41.6 Å². The number of nitrogens with zero attached hydrogens (tertiary/aromatic N) is 1. The van der Waals surface area contributed by atoms with Crippen LogP contribution in [0.3, 0.4) is 0 Å². The van der Waals surface area contributed by atoms with Gasteiger partial charge in [-0.1, -0.05) is 13.0 Å². The number of hydrogen-bond donors (Lipinski definition) is 3. The Morgan fingerprint density at radius 3 is 2.70 bits per heavy atom. The highest BCUT2D eigenvalue weighted by Crippen LogP contribution is 2.32. The molecule has 6 nitrogen and oxygen atoms in total. The molecule has 1 saturated heterocycles. The highest BCUT2D eigenvalue weighted by molar-refractivity contribution is 5.93. The SMILES string of the molecule is CC1(C(=O)N2CCc3cc(C(=O)NO)ccc3C2)CCNCC1. The second-order valence-corrected chi connectivity index (χ2v) is 6.71. The first-order chi connectivity index (χ1) is 11.0. The Morgan fingerprint density at radius 1 is 1.26 bits per heavy atom. The standard InChI is InChI=1S/C17H23N3O3/c1-17(5-7-18-8-6-17)16(22)20-9-4-12-10-13(15(21)19-23)2-3-14(12)11-20/h2-3,10,18,23H,4-9,11H2,1H3,(H,19,21). The topological polar surface area (TPSA) is 81.7 Å². The van der Waals surface area contributed by atoms with Crippen LogP contribution in [0.2, 0.25) is 0 Å². The lowest BCUT2D eigenvalue weighted by molar-refractivity contribution is -0.143. The highest BCUT2D eigenvalue weighted by atomic mass is 16.5. The van der Waals surface area contributed by atoms with E-state index in [1.807, 2.05) is 11.0 Å². The molecular weight excluding hydrogens is 294 g/mol. The third kappa shape index (κ3) is 3.09. The number of benzene rings is 1. The molecule has 0 unspecified atom stereocenters. The van der Waals surface area contributed by atoms with E-state index < -0.39 is 5.91 Å². The molecular formula is C17H23N3O3. The molecule has 0 saturated carbocycles. The van der Waals surface area contributed by atoms with Crippen LogP contribution in [0.4, 0.5) is 0 Å². The molecule has 2 amide bonds. The lowest BCUT2D eigenvalue weighted by Crippen LogP contribution is -2.49. The van der Waals surface area contributed by atoms with E-state index in [1.54, 1.807) is 17.6 Å². The number of amides is 2. The fourth-order valence-corrected chi connectivity index (χ4v) is 3.51. The summed E-state index contributed by atoms with van der Waals surface area (Å²) in [5, 5.41) is 12.0. The number of fused-ring (bicyclic) bond motifs is 1. The van der Waals surface area contributed by atoms with E-state index in [4.69, 9.17) is 5.21 Å². The van der Waals surface area contributed by atoms with Crippen LogP contribution in [0.25, 0.3) is 0 Å². The Labute approximate surface area is 135 Å². The first-order valence-corrected chi connectivity index (χ1v) is 8.10. The van der Waals surface area contributed by atoms with Gasteiger partial charge in [-0.25, -0.2) is 5.48 Å². The molecule has 0 aliphatic carbocycles. The van der Waals surface area contributed by atoms with Crippen molar-refractivity contribution >= 4 is 11.8 Å². The summed E-state index contributed by atoms with van der Waals surface area (Å²) >= 11 is 0. The highest BCUT2D eigenvalue weighted by Gasteiger charge is 2.38. The Bertz CT molecular complexity index is 624. The van der Waals surface area contributed by atoms with Gasteiger partial charge in [-0.3, -0.25) is 14.8 Å². The fraction of sp³-hybridized carbons (Fsp3) is 0.529. The molecule has 3 rings (SSSR count). The predicted molar refractivity (Wildman–Crippen MR) is 85.0 cm³/mol. The Balaban J connectivity index is 1.75. The number of piperidine rings is 1. The summed E-state index contributed by atoms with van der Waals surface area (Å²) in [6.07, 6.45) is 2.50. The minimum Gasteiger partial charge on any atom is -0.338 e. The van der Waals surface area contributed by atoms with Crippen LogP contribution in [-0.2, 0) is 17.8 Å². The van der Waals surface area contributed by atoms with Crippen LogP contribution in [0.15, 0.2) is 18.2 Å². The smallest absolute Gasteiger partial charge is 0.274 e. The number of rotatable bonds is 2. The quantitative estimate of drug-likeness (QED) is 0.563. The zero-order valence-corrected chi connectivity index (χ0v) is 13.4. The van der Waals surface area contributed by atoms with Crippen LogP contribution in [0.1, 0.15) is 41.3 Å². The summed E-state index contributed by atoms with van der Waals surface area (Å²) in [7, 11) is 0. The van der Waals surface area contributed by atoms with E-state index in [2.05, 4.69) is 12.2 Å². The van der Waals surface area contributed by atoms with E-state index in [0.717, 1.165) is 43.5 Å². The summed E-state index contributed by atoms with van der Waals surface area (Å²) in [4.78, 5) is 26.3. The summed E-state index contributed by atoms with van der Waals surface area (Å²) in [6, 6.07) is 5.36. The molecule has 3 N–H and O–H groups in total. The van der Waals surface area contributed by atoms with Gasteiger partial charge in [-0.2, -0.15) is 0 Å². The summed E-state index contributed by atoms with van der Waals surface area (Å²) in [6.45, 7) is 5.14. The molecule has 1 aromatic rings. The first kappa shape index (κ1) is 16.0. The third-order valence-corrected chi connectivity index (χ3v) is 5.09. The average molecular weight is 317 g/mol. The molecule has 2 aliphatic heterocycles. The van der Waals surface area contributed by atoms with Crippen LogP contribution >= 0.6 is 0 Å². The molecule has 6 heteroatoms. The predicted octanol–water partition coefficient (Wildman–Crippen LogP) is 1.08. The van der Waals surface area contributed by atoms with E-state index in [1.165, 1.54) is 0 Å². The van der Waals surface area contributed by atoms with Crippen LogP contribution in [0.5, 0.6) is 0 Å². The number of carbonyl (C=O) groups excluding carboxylic acids is 2. The minimum absolute atomic E-state index is 0.238. The van der Waals surface area contributed by atoms with E-state index in [9.17, 15) is 9.59 Å². The number of nitrogens with one attached hydrogen (secondary N) is 2. The van der Waals surface area contributed by atoms with Gasteiger partial charge in [0.1, 0.15) is 0 Å². The van der Waals surface area contributed by atoms with Crippen molar-refractivity contribution in [2.24, 2.45) is 5.41 Å². The van der Waals surface area contributed by atoms with E-state index in [0.29, 0.717) is 18.7 Å². The molecule has 2 heterocycles. The van der Waals surface area contributed by atoms with Crippen molar-refractivity contribution in [1.82, 2.24) is 15.7 Å². The fourth-order valence-electron chi connectivity index (χ4n) is 3.51. The van der Waals surface area contributed by atoms with Crippen molar-refractivity contribution < 1.29 is 14.8 Å². The van der Waals surface area contributed by atoms with Crippen molar-refractivity contribution in [3.63, 3.8) is 0 Å². The molecule has 23 heavy (non-hydrogen) atoms. The van der Waals surface area contributed by atoms with Crippen molar-refractivity contribution in [3.8, 4) is 0 Å². The molecule has 0 radical (unpaired) electrons. The lowest BCUT2D eigenvalue weighted by Gasteiger charge is -2.39. The summed E-state index contributed by atoms with van der Waals surface area (Å²) in [5.41, 5.74) is 3.99. The largest absolute Gasteiger partial charge is 0.338 e. The maximum atomic E-state index is 12.9. The minimum atomic E-state index is -0.506. The number of hydroxylamine groups is 1. The van der Waals surface area contributed by atoms with Gasteiger partial charge in [-0.15, -0.1) is 0 Å². The molecule has 1 fully saturated rings. The van der Waals surface area contributed by atoms with Crippen molar-refractivity contribution in [2.45, 2.75) is 32.7 Å². The van der Waals surface area contributed by atoms with Gasteiger partial charge in [0, 0.05) is 24.1 Å². The third-order valence-electron chi connectivity index (χ3n) is 5.09. The van der Waals surface area contributed by atoms with Crippen LogP contribution < -0.4 is 10.8 Å². The molecule has 2 aliphatic rings. The Morgan fingerprint density at radius 2 is 2.00 bits per heavy atom. The van der Waals surface area contributed by atoms with Gasteiger partial charge in [0.2, 0.25) is 5.91 Å². The Kier molecular flexibility index (Phi) is 4.37. The van der Waals surface area contributed by atoms with Gasteiger partial charge in [0.25, 0.3) is 5.91 Å². The molecule has 1 aromatic carbocycles. The lowest BCUT2D eigenvalue weighted by atomic mass is 9.79. The van der Waals surface area contributed by atoms with E-state index in [-0.39, 0.29) is 11.3 Å². The number of carbonyl (C=O) groups is 2. The van der Waals surface area contributed by atoms with Gasteiger partial charge in [-0.05, 0) is 55.6 Å². The van der Waals surface area contributed by atoms with Crippen molar-refractivity contribution in [2.75, 3.05) is 19.6 Å². The molecule has 0 aromatic heterocycles. The molecule has 0 atom stereocenters. The van der Waals surface area contributed by atoms with Crippen LogP contribution in [0, 0.1) is 5.41 Å². The van der Waals surface area contributed by atoms with Crippen molar-refractivity contribution in [1.29, 1.82) is 0 Å². The summed E-state index contributed by atoms with van der Waals surface area (Å²) < 4.78 is 0. The normalized spacial score (nSPS) is 19.8. The second-order valence-electron chi connectivity index (χ2n) is 6.71. The van der Waals surface area contributed by atoms with Gasteiger partial charge >= 0.3 is 0 Å². The maximum absolute atomic E-state index is 12.9. The zero-order valence-electron chi connectivity index (χ0n) is 13.4. The van der Waals surface area contributed by atoms with Gasteiger partial charge in [0.05, 0.1) is 0 Å². The monoisotopic (exact) mass is 317 g/mol. The zero-order chi connectivity index (χ0) is 16.4. The maximum Gasteiger partial charge on any atom is 0.274 e. The number of hydrogen-bond acceptors (Lipinski definition) is 4.